The van der Waals surface area contributed by atoms with Gasteiger partial charge in [-0.15, -0.1) is 0 Å². The van der Waals surface area contributed by atoms with Crippen LogP contribution in [0.4, 0.5) is 5.69 Å². The fourth-order valence-electron chi connectivity index (χ4n) is 1.57. The maximum Gasteiger partial charge on any atom is 0.241 e. The summed E-state index contributed by atoms with van der Waals surface area (Å²) in [6.07, 6.45) is 0. The second-order valence-electron chi connectivity index (χ2n) is 5.52. The van der Waals surface area contributed by atoms with Gasteiger partial charge in [-0.2, -0.15) is 0 Å². The number of hydrogen-bond donors (Lipinski definition) is 2. The van der Waals surface area contributed by atoms with Gasteiger partial charge in [0.2, 0.25) is 5.91 Å². The molecule has 0 saturated carbocycles. The van der Waals surface area contributed by atoms with Crippen molar-refractivity contribution in [3.63, 3.8) is 0 Å². The Kier molecular flexibility index (Phi) is 4.35. The van der Waals surface area contributed by atoms with E-state index in [2.05, 4.69) is 5.32 Å². The number of amides is 1. The number of benzene rings is 1. The van der Waals surface area contributed by atoms with E-state index in [1.165, 1.54) is 0 Å². The summed E-state index contributed by atoms with van der Waals surface area (Å²) >= 11 is 0. The van der Waals surface area contributed by atoms with E-state index in [0.717, 1.165) is 17.0 Å². The molecule has 0 radical (unpaired) electrons. The van der Waals surface area contributed by atoms with E-state index in [-0.39, 0.29) is 11.3 Å². The Morgan fingerprint density at radius 3 is 2.44 bits per heavy atom. The average molecular weight is 250 g/mol. The molecule has 0 spiro atoms. The largest absolute Gasteiger partial charge is 0.496 e. The van der Waals surface area contributed by atoms with Crippen LogP contribution in [-0.4, -0.2) is 19.1 Å². The maximum absolute atomic E-state index is 12.0. The van der Waals surface area contributed by atoms with Gasteiger partial charge in [-0.05, 0) is 36.1 Å². The van der Waals surface area contributed by atoms with Gasteiger partial charge in [0, 0.05) is 5.69 Å². The summed E-state index contributed by atoms with van der Waals surface area (Å²) in [6.45, 7) is 7.75. The molecule has 0 aliphatic carbocycles. The molecule has 1 atom stereocenters. The van der Waals surface area contributed by atoms with E-state index in [1.807, 2.05) is 39.8 Å². The van der Waals surface area contributed by atoms with E-state index in [4.69, 9.17) is 10.5 Å². The first-order valence-corrected chi connectivity index (χ1v) is 5.97. The average Bonchev–Trinajstić information content (AvgIpc) is 2.27. The molecule has 0 aromatic heterocycles. The number of nitrogens with two attached hydrogens (primary N) is 1. The summed E-state index contributed by atoms with van der Waals surface area (Å²) in [4.78, 5) is 12.0. The SMILES string of the molecule is COc1ccc(NC(=O)C(N)C(C)(C)C)cc1C. The Bertz CT molecular complexity index is 436. The second kappa shape index (κ2) is 5.40. The number of rotatable bonds is 3. The summed E-state index contributed by atoms with van der Waals surface area (Å²) in [6, 6.07) is 4.96. The lowest BCUT2D eigenvalue weighted by atomic mass is 9.87. The van der Waals surface area contributed by atoms with Crippen molar-refractivity contribution in [2.75, 3.05) is 12.4 Å². The first-order valence-electron chi connectivity index (χ1n) is 5.97. The third kappa shape index (κ3) is 3.47. The smallest absolute Gasteiger partial charge is 0.241 e. The molecule has 4 nitrogen and oxygen atoms in total. The molecule has 4 heteroatoms. The summed E-state index contributed by atoms with van der Waals surface area (Å²) in [5.74, 6) is 0.625. The van der Waals surface area contributed by atoms with Crippen molar-refractivity contribution in [2.24, 2.45) is 11.1 Å². The van der Waals surface area contributed by atoms with Gasteiger partial charge < -0.3 is 15.8 Å². The van der Waals surface area contributed by atoms with Gasteiger partial charge >= 0.3 is 0 Å². The Labute approximate surface area is 109 Å². The number of carbonyl (C=O) groups is 1. The summed E-state index contributed by atoms with van der Waals surface area (Å²) in [5.41, 5.74) is 7.35. The van der Waals surface area contributed by atoms with Crippen LogP contribution in [0.5, 0.6) is 5.75 Å². The molecule has 0 heterocycles. The molecule has 100 valence electrons. The van der Waals surface area contributed by atoms with E-state index in [1.54, 1.807) is 13.2 Å². The van der Waals surface area contributed by atoms with Gasteiger partial charge in [0.1, 0.15) is 5.75 Å². The highest BCUT2D eigenvalue weighted by atomic mass is 16.5. The zero-order valence-electron chi connectivity index (χ0n) is 11.7. The highest BCUT2D eigenvalue weighted by Gasteiger charge is 2.27. The molecule has 18 heavy (non-hydrogen) atoms. The lowest BCUT2D eigenvalue weighted by Gasteiger charge is -2.25. The predicted molar refractivity (Wildman–Crippen MR) is 73.8 cm³/mol. The number of ether oxygens (including phenoxy) is 1. The standard InChI is InChI=1S/C14H22N2O2/c1-9-8-10(6-7-11(9)18-5)16-13(17)12(15)14(2,3)4/h6-8,12H,15H2,1-5H3,(H,16,17). The van der Waals surface area contributed by atoms with Crippen molar-refractivity contribution in [3.8, 4) is 5.75 Å². The number of methoxy groups -OCH3 is 1. The van der Waals surface area contributed by atoms with Crippen LogP contribution in [0.2, 0.25) is 0 Å². The minimum Gasteiger partial charge on any atom is -0.496 e. The van der Waals surface area contributed by atoms with Crippen molar-refractivity contribution in [1.82, 2.24) is 0 Å². The number of hydrogen-bond acceptors (Lipinski definition) is 3. The van der Waals surface area contributed by atoms with Crippen LogP contribution in [-0.2, 0) is 4.79 Å². The molecule has 1 rings (SSSR count). The molecule has 1 aromatic rings. The normalized spacial score (nSPS) is 13.0. The molecule has 0 saturated heterocycles. The van der Waals surface area contributed by atoms with Gasteiger partial charge in [-0.25, -0.2) is 0 Å². The number of nitrogens with one attached hydrogen (secondary N) is 1. The number of anilines is 1. The van der Waals surface area contributed by atoms with Crippen LogP contribution in [0.15, 0.2) is 18.2 Å². The zero-order chi connectivity index (χ0) is 13.9. The van der Waals surface area contributed by atoms with Crippen LogP contribution >= 0.6 is 0 Å². The molecule has 0 fully saturated rings. The third-order valence-electron chi connectivity index (χ3n) is 2.88. The van der Waals surface area contributed by atoms with Crippen molar-refractivity contribution in [2.45, 2.75) is 33.7 Å². The third-order valence-corrected chi connectivity index (χ3v) is 2.88. The minimum atomic E-state index is -0.542. The van der Waals surface area contributed by atoms with Gasteiger partial charge in [0.05, 0.1) is 13.2 Å². The predicted octanol–water partition coefficient (Wildman–Crippen LogP) is 2.32. The molecule has 0 bridgehead atoms. The van der Waals surface area contributed by atoms with Gasteiger partial charge in [-0.3, -0.25) is 4.79 Å². The molecule has 3 N–H and O–H groups in total. The Morgan fingerprint density at radius 2 is 2.00 bits per heavy atom. The second-order valence-corrected chi connectivity index (χ2v) is 5.52. The van der Waals surface area contributed by atoms with Crippen LogP contribution < -0.4 is 15.8 Å². The van der Waals surface area contributed by atoms with E-state index in [0.29, 0.717) is 0 Å². The molecular weight excluding hydrogens is 228 g/mol. The highest BCUT2D eigenvalue weighted by Crippen LogP contribution is 2.23. The number of aryl methyl sites for hydroxylation is 1. The van der Waals surface area contributed by atoms with Crippen LogP contribution in [0.1, 0.15) is 26.3 Å². The maximum atomic E-state index is 12.0. The van der Waals surface area contributed by atoms with Crippen molar-refractivity contribution in [1.29, 1.82) is 0 Å². The lowest BCUT2D eigenvalue weighted by molar-refractivity contribution is -0.119. The number of carbonyl (C=O) groups excluding carboxylic acids is 1. The van der Waals surface area contributed by atoms with Gasteiger partial charge in [0.15, 0.2) is 0 Å². The van der Waals surface area contributed by atoms with Gasteiger partial charge in [-0.1, -0.05) is 20.8 Å². The fourth-order valence-corrected chi connectivity index (χ4v) is 1.57. The highest BCUT2D eigenvalue weighted by molar-refractivity contribution is 5.95. The first kappa shape index (κ1) is 14.5. The minimum absolute atomic E-state index is 0.174. The van der Waals surface area contributed by atoms with E-state index >= 15 is 0 Å². The van der Waals surface area contributed by atoms with Crippen LogP contribution in [0.25, 0.3) is 0 Å². The quantitative estimate of drug-likeness (QED) is 0.865. The fraction of sp³-hybridized carbons (Fsp3) is 0.500. The van der Waals surface area contributed by atoms with Crippen LogP contribution in [0.3, 0.4) is 0 Å². The molecule has 0 aliphatic heterocycles. The molecule has 0 aliphatic rings. The van der Waals surface area contributed by atoms with Crippen LogP contribution in [0, 0.1) is 12.3 Å². The Morgan fingerprint density at radius 1 is 1.39 bits per heavy atom. The topological polar surface area (TPSA) is 64.3 Å². The molecule has 1 unspecified atom stereocenters. The van der Waals surface area contributed by atoms with E-state index < -0.39 is 6.04 Å². The molecule has 1 aromatic carbocycles. The van der Waals surface area contributed by atoms with Crippen molar-refractivity contribution < 1.29 is 9.53 Å². The van der Waals surface area contributed by atoms with E-state index in [9.17, 15) is 4.79 Å². The van der Waals surface area contributed by atoms with Crippen molar-refractivity contribution in [3.05, 3.63) is 23.8 Å². The summed E-state index contributed by atoms with van der Waals surface area (Å²) in [5, 5.41) is 2.82. The Balaban J connectivity index is 2.80. The molecule has 1 amide bonds. The molecular formula is C14H22N2O2. The first-order chi connectivity index (χ1) is 8.25. The zero-order valence-corrected chi connectivity index (χ0v) is 11.7. The summed E-state index contributed by atoms with van der Waals surface area (Å²) < 4.78 is 5.17. The summed E-state index contributed by atoms with van der Waals surface area (Å²) in [7, 11) is 1.62. The lowest BCUT2D eigenvalue weighted by Crippen LogP contribution is -2.45. The van der Waals surface area contributed by atoms with Crippen molar-refractivity contribution >= 4 is 11.6 Å². The Hall–Kier alpha value is -1.55. The monoisotopic (exact) mass is 250 g/mol. The van der Waals surface area contributed by atoms with Gasteiger partial charge in [0.25, 0.3) is 0 Å².